The van der Waals surface area contributed by atoms with Crippen LogP contribution in [-0.2, 0) is 22.5 Å². The second-order valence-corrected chi connectivity index (χ2v) is 11.4. The lowest BCUT2D eigenvalue weighted by atomic mass is 10.1. The average molecular weight is 617 g/mol. The van der Waals surface area contributed by atoms with Gasteiger partial charge in [-0.3, -0.25) is 14.7 Å². The molecular formula is C31H29FN6O3S2. The van der Waals surface area contributed by atoms with Crippen molar-refractivity contribution in [2.75, 3.05) is 38.2 Å². The van der Waals surface area contributed by atoms with E-state index in [2.05, 4.69) is 30.1 Å². The molecule has 0 unspecified atom stereocenters. The van der Waals surface area contributed by atoms with Crippen LogP contribution in [0.4, 0.5) is 10.1 Å². The van der Waals surface area contributed by atoms with E-state index in [0.29, 0.717) is 11.4 Å². The molecule has 43 heavy (non-hydrogen) atoms. The Morgan fingerprint density at radius 1 is 1.02 bits per heavy atom. The number of nitrogens with zero attached hydrogens (tertiary/aromatic N) is 4. The number of carbonyl (C=O) groups is 1. The van der Waals surface area contributed by atoms with E-state index in [1.165, 1.54) is 23.5 Å². The third-order valence-electron chi connectivity index (χ3n) is 6.94. The summed E-state index contributed by atoms with van der Waals surface area (Å²) >= 11 is 6.74. The number of halogens is 1. The Labute approximate surface area is 257 Å². The first-order chi connectivity index (χ1) is 21.0. The first-order valence-corrected chi connectivity index (χ1v) is 15.1. The van der Waals surface area contributed by atoms with Gasteiger partial charge < -0.3 is 24.7 Å². The number of hydrogen-bond donors (Lipinski definition) is 2. The fourth-order valence-corrected chi connectivity index (χ4v) is 6.10. The number of rotatable bonds is 9. The van der Waals surface area contributed by atoms with Gasteiger partial charge in [0.05, 0.1) is 34.7 Å². The fourth-order valence-electron chi connectivity index (χ4n) is 4.79. The van der Waals surface area contributed by atoms with Gasteiger partial charge in [-0.25, -0.2) is 9.37 Å². The number of benzene rings is 2. The Morgan fingerprint density at radius 2 is 1.86 bits per heavy atom. The third kappa shape index (κ3) is 7.23. The summed E-state index contributed by atoms with van der Waals surface area (Å²) in [6.45, 7) is 5.13. The van der Waals surface area contributed by atoms with Crippen LogP contribution in [0.15, 0.2) is 79.3 Å². The minimum atomic E-state index is -0.580. The lowest BCUT2D eigenvalue weighted by Gasteiger charge is -2.26. The SMILES string of the molecule is O=C(Cc1ccccc1)NC(=S)Nc1ccc(Oc2ccnc3cc(-c4nccn4CCN4CCOCC4)sc23)c(F)c1. The Kier molecular flexibility index (Phi) is 8.99. The van der Waals surface area contributed by atoms with Gasteiger partial charge >= 0.3 is 0 Å². The Balaban J connectivity index is 1.11. The third-order valence-corrected chi connectivity index (χ3v) is 8.28. The highest BCUT2D eigenvalue weighted by Gasteiger charge is 2.17. The molecule has 1 saturated heterocycles. The quantitative estimate of drug-likeness (QED) is 0.211. The molecule has 0 bridgehead atoms. The van der Waals surface area contributed by atoms with Crippen LogP contribution >= 0.6 is 23.6 Å². The number of fused-ring (bicyclic) bond motifs is 1. The van der Waals surface area contributed by atoms with E-state index in [9.17, 15) is 4.79 Å². The number of aromatic nitrogens is 3. The van der Waals surface area contributed by atoms with Gasteiger partial charge in [0, 0.05) is 62.6 Å². The van der Waals surface area contributed by atoms with Crippen molar-refractivity contribution in [2.24, 2.45) is 0 Å². The normalized spacial score (nSPS) is 13.6. The minimum absolute atomic E-state index is 0.0547. The number of nitrogens with one attached hydrogen (secondary N) is 2. The second-order valence-electron chi connectivity index (χ2n) is 9.94. The molecule has 4 heterocycles. The van der Waals surface area contributed by atoms with Crippen LogP contribution in [0.25, 0.3) is 20.9 Å². The largest absolute Gasteiger partial charge is 0.453 e. The Bertz CT molecular complexity index is 1740. The molecule has 3 aromatic heterocycles. The van der Waals surface area contributed by atoms with Gasteiger partial charge in [0.15, 0.2) is 16.7 Å². The van der Waals surface area contributed by atoms with Gasteiger partial charge in [-0.1, -0.05) is 30.3 Å². The maximum absolute atomic E-state index is 15.1. The first-order valence-electron chi connectivity index (χ1n) is 13.8. The van der Waals surface area contributed by atoms with Crippen molar-refractivity contribution in [3.63, 3.8) is 0 Å². The van der Waals surface area contributed by atoms with Crippen molar-refractivity contribution < 1.29 is 18.7 Å². The van der Waals surface area contributed by atoms with Crippen LogP contribution < -0.4 is 15.4 Å². The maximum Gasteiger partial charge on any atom is 0.230 e. The molecule has 0 spiro atoms. The van der Waals surface area contributed by atoms with Crippen molar-refractivity contribution in [1.82, 2.24) is 24.8 Å². The van der Waals surface area contributed by atoms with Crippen LogP contribution in [0.3, 0.4) is 0 Å². The number of thiophene rings is 1. The van der Waals surface area contributed by atoms with Crippen LogP contribution in [0.5, 0.6) is 11.5 Å². The zero-order valence-electron chi connectivity index (χ0n) is 23.2. The molecule has 1 amide bonds. The standard InChI is InChI=1S/C31H29FN6O3S2/c32-23-19-22(35-31(42)36-28(39)18-21-4-2-1-3-5-21)6-7-25(23)41-26-8-9-33-24-20-27(43-29(24)26)30-34-10-11-38(30)13-12-37-14-16-40-17-15-37/h1-11,19-20H,12-18H2,(H2,35,36,39,42). The molecule has 6 rings (SSSR count). The Hall–Kier alpha value is -4.23. The van der Waals surface area contributed by atoms with E-state index in [4.69, 9.17) is 21.7 Å². The molecule has 0 aliphatic carbocycles. The van der Waals surface area contributed by atoms with E-state index < -0.39 is 5.82 Å². The molecule has 2 aromatic carbocycles. The molecule has 9 nitrogen and oxygen atoms in total. The molecule has 220 valence electrons. The maximum atomic E-state index is 15.1. The second kappa shape index (κ2) is 13.4. The molecule has 2 N–H and O–H groups in total. The minimum Gasteiger partial charge on any atom is -0.453 e. The predicted octanol–water partition coefficient (Wildman–Crippen LogP) is 5.48. The highest BCUT2D eigenvalue weighted by molar-refractivity contribution is 7.80. The number of imidazole rings is 1. The van der Waals surface area contributed by atoms with Crippen molar-refractivity contribution in [2.45, 2.75) is 13.0 Å². The highest BCUT2D eigenvalue weighted by atomic mass is 32.1. The van der Waals surface area contributed by atoms with Crippen LogP contribution in [0.2, 0.25) is 0 Å². The summed E-state index contributed by atoms with van der Waals surface area (Å²) in [7, 11) is 0. The smallest absolute Gasteiger partial charge is 0.230 e. The number of ether oxygens (including phenoxy) is 2. The lowest BCUT2D eigenvalue weighted by Crippen LogP contribution is -2.38. The van der Waals surface area contributed by atoms with Gasteiger partial charge in [-0.05, 0) is 36.0 Å². The molecular weight excluding hydrogens is 588 g/mol. The molecule has 12 heteroatoms. The van der Waals surface area contributed by atoms with Crippen molar-refractivity contribution in [3.05, 3.63) is 90.6 Å². The predicted molar refractivity (Wildman–Crippen MR) is 169 cm³/mol. The summed E-state index contributed by atoms with van der Waals surface area (Å²) in [5.41, 5.74) is 2.00. The van der Waals surface area contributed by atoms with E-state index in [0.717, 1.165) is 65.9 Å². The number of thiocarbonyl (C=S) groups is 1. The molecule has 1 aliphatic rings. The van der Waals surface area contributed by atoms with Crippen LogP contribution in [0.1, 0.15) is 5.56 Å². The van der Waals surface area contributed by atoms with Crippen LogP contribution in [0, 0.1) is 5.82 Å². The number of pyridine rings is 1. The van der Waals surface area contributed by atoms with Gasteiger partial charge in [-0.15, -0.1) is 11.3 Å². The zero-order valence-corrected chi connectivity index (χ0v) is 24.8. The summed E-state index contributed by atoms with van der Waals surface area (Å²) in [6.07, 6.45) is 5.61. The highest BCUT2D eigenvalue weighted by Crippen LogP contribution is 2.39. The van der Waals surface area contributed by atoms with E-state index in [1.54, 1.807) is 24.5 Å². The van der Waals surface area contributed by atoms with Gasteiger partial charge in [-0.2, -0.15) is 0 Å². The molecule has 0 atom stereocenters. The number of amides is 1. The van der Waals surface area contributed by atoms with Crippen molar-refractivity contribution in [1.29, 1.82) is 0 Å². The molecule has 0 radical (unpaired) electrons. The fraction of sp³-hybridized carbons (Fsp3) is 0.226. The summed E-state index contributed by atoms with van der Waals surface area (Å²) in [4.78, 5) is 24.7. The molecule has 1 fully saturated rings. The molecule has 5 aromatic rings. The van der Waals surface area contributed by atoms with Gasteiger partial charge in [0.1, 0.15) is 11.6 Å². The van der Waals surface area contributed by atoms with Crippen LogP contribution in [-0.4, -0.2) is 63.3 Å². The number of anilines is 1. The molecule has 1 aliphatic heterocycles. The zero-order chi connectivity index (χ0) is 29.6. The number of morpholine rings is 1. The average Bonchev–Trinajstić information content (AvgIpc) is 3.66. The summed E-state index contributed by atoms with van der Waals surface area (Å²) in [5, 5.41) is 5.56. The van der Waals surface area contributed by atoms with Crippen molar-refractivity contribution >= 4 is 50.5 Å². The summed E-state index contributed by atoms with van der Waals surface area (Å²) in [5.74, 6) is 0.565. The summed E-state index contributed by atoms with van der Waals surface area (Å²) in [6, 6.07) is 17.5. The van der Waals surface area contributed by atoms with Gasteiger partial charge in [0.25, 0.3) is 0 Å². The number of hydrogen-bond acceptors (Lipinski definition) is 8. The van der Waals surface area contributed by atoms with Crippen molar-refractivity contribution in [3.8, 4) is 22.2 Å². The van der Waals surface area contributed by atoms with E-state index >= 15 is 4.39 Å². The van der Waals surface area contributed by atoms with E-state index in [1.807, 2.05) is 42.6 Å². The molecule has 0 saturated carbocycles. The summed E-state index contributed by atoms with van der Waals surface area (Å²) < 4.78 is 29.5. The Morgan fingerprint density at radius 3 is 2.67 bits per heavy atom. The van der Waals surface area contributed by atoms with E-state index in [-0.39, 0.29) is 23.2 Å². The monoisotopic (exact) mass is 616 g/mol. The topological polar surface area (TPSA) is 93.5 Å². The van der Waals surface area contributed by atoms with Gasteiger partial charge in [0.2, 0.25) is 5.91 Å². The number of carbonyl (C=O) groups excluding carboxylic acids is 1. The first kappa shape index (κ1) is 28.9. The lowest BCUT2D eigenvalue weighted by molar-refractivity contribution is -0.119.